The van der Waals surface area contributed by atoms with Crippen molar-refractivity contribution in [3.63, 3.8) is 0 Å². The van der Waals surface area contributed by atoms with Crippen molar-refractivity contribution in [3.05, 3.63) is 42.5 Å². The van der Waals surface area contributed by atoms with Gasteiger partial charge in [-0.1, -0.05) is 17.8 Å². The molecule has 0 aliphatic carbocycles. The minimum Gasteiger partial charge on any atom is -0.493 e. The number of anilines is 1. The van der Waals surface area contributed by atoms with Crippen molar-refractivity contribution in [1.82, 2.24) is 0 Å². The Kier molecular flexibility index (Phi) is 3.99. The van der Waals surface area contributed by atoms with Crippen LogP contribution in [-0.2, 0) is 0 Å². The smallest absolute Gasteiger partial charge is 0.161 e. The highest BCUT2D eigenvalue weighted by atomic mass is 32.2. The van der Waals surface area contributed by atoms with Gasteiger partial charge in [-0.3, -0.25) is 0 Å². The van der Waals surface area contributed by atoms with Crippen LogP contribution in [-0.4, -0.2) is 14.2 Å². The van der Waals surface area contributed by atoms with Crippen molar-refractivity contribution in [2.75, 3.05) is 20.0 Å². The first-order valence-corrected chi connectivity index (χ1v) is 6.30. The molecule has 0 aromatic heterocycles. The zero-order valence-electron chi connectivity index (χ0n) is 10.3. The monoisotopic (exact) mass is 261 g/mol. The van der Waals surface area contributed by atoms with Crippen molar-refractivity contribution >= 4 is 17.4 Å². The molecule has 3 nitrogen and oxygen atoms in total. The van der Waals surface area contributed by atoms with Gasteiger partial charge in [0.25, 0.3) is 0 Å². The van der Waals surface area contributed by atoms with Crippen LogP contribution in [0.1, 0.15) is 0 Å². The number of rotatable bonds is 4. The van der Waals surface area contributed by atoms with Crippen LogP contribution in [0.15, 0.2) is 52.3 Å². The van der Waals surface area contributed by atoms with E-state index in [1.165, 1.54) is 0 Å². The van der Waals surface area contributed by atoms with E-state index in [1.807, 2.05) is 42.5 Å². The third-order valence-corrected chi connectivity index (χ3v) is 3.43. The SMILES string of the molecule is COc1ccc(Sc2cccc(N)c2)cc1OC. The van der Waals surface area contributed by atoms with Crippen LogP contribution in [0.25, 0.3) is 0 Å². The Morgan fingerprint density at radius 2 is 1.61 bits per heavy atom. The highest BCUT2D eigenvalue weighted by Gasteiger charge is 2.05. The molecule has 18 heavy (non-hydrogen) atoms. The predicted octanol–water partition coefficient (Wildman–Crippen LogP) is 3.44. The molecule has 0 heterocycles. The summed E-state index contributed by atoms with van der Waals surface area (Å²) in [7, 11) is 3.26. The number of ether oxygens (including phenoxy) is 2. The normalized spacial score (nSPS) is 10.1. The largest absolute Gasteiger partial charge is 0.493 e. The molecule has 2 aromatic carbocycles. The molecule has 0 spiro atoms. The minimum absolute atomic E-state index is 0.728. The first-order chi connectivity index (χ1) is 8.72. The Morgan fingerprint density at radius 3 is 2.28 bits per heavy atom. The number of nitrogen functional groups attached to an aromatic ring is 1. The van der Waals surface area contributed by atoms with E-state index in [9.17, 15) is 0 Å². The van der Waals surface area contributed by atoms with Gasteiger partial charge in [-0.2, -0.15) is 0 Å². The Labute approximate surface area is 111 Å². The molecule has 0 aliphatic heterocycles. The Hall–Kier alpha value is -1.81. The summed E-state index contributed by atoms with van der Waals surface area (Å²) in [6.07, 6.45) is 0. The molecule has 4 heteroatoms. The second-order valence-electron chi connectivity index (χ2n) is 3.69. The Balaban J connectivity index is 2.24. The molecule has 0 fully saturated rings. The van der Waals surface area contributed by atoms with Crippen LogP contribution in [0.3, 0.4) is 0 Å². The van der Waals surface area contributed by atoms with Gasteiger partial charge < -0.3 is 15.2 Å². The molecule has 94 valence electrons. The summed E-state index contributed by atoms with van der Waals surface area (Å²) in [5, 5.41) is 0. The molecule has 0 aliphatic rings. The quantitative estimate of drug-likeness (QED) is 0.856. The van der Waals surface area contributed by atoms with Crippen molar-refractivity contribution in [1.29, 1.82) is 0 Å². The molecule has 2 N–H and O–H groups in total. The summed E-state index contributed by atoms with van der Waals surface area (Å²) < 4.78 is 10.5. The standard InChI is InChI=1S/C14H15NO2S/c1-16-13-7-6-12(9-14(13)17-2)18-11-5-3-4-10(15)8-11/h3-9H,15H2,1-2H3. The molecule has 0 saturated carbocycles. The maximum Gasteiger partial charge on any atom is 0.161 e. The number of methoxy groups -OCH3 is 2. The molecule has 2 rings (SSSR count). The number of benzene rings is 2. The summed E-state index contributed by atoms with van der Waals surface area (Å²) in [6, 6.07) is 13.6. The molecule has 0 unspecified atom stereocenters. The van der Waals surface area contributed by atoms with E-state index >= 15 is 0 Å². The second-order valence-corrected chi connectivity index (χ2v) is 4.84. The molecule has 0 saturated heterocycles. The predicted molar refractivity (Wildman–Crippen MR) is 74.5 cm³/mol. The number of nitrogens with two attached hydrogens (primary N) is 1. The Morgan fingerprint density at radius 1 is 0.889 bits per heavy atom. The zero-order chi connectivity index (χ0) is 13.0. The fourth-order valence-electron chi connectivity index (χ4n) is 1.59. The average Bonchev–Trinajstić information content (AvgIpc) is 2.38. The van der Waals surface area contributed by atoms with E-state index < -0.39 is 0 Å². The maximum atomic E-state index is 5.76. The van der Waals surface area contributed by atoms with Crippen LogP contribution in [0.5, 0.6) is 11.5 Å². The van der Waals surface area contributed by atoms with Gasteiger partial charge in [0.15, 0.2) is 11.5 Å². The summed E-state index contributed by atoms with van der Waals surface area (Å²) >= 11 is 1.63. The number of hydrogen-bond acceptors (Lipinski definition) is 4. The van der Waals surface area contributed by atoms with Crippen molar-refractivity contribution < 1.29 is 9.47 Å². The van der Waals surface area contributed by atoms with E-state index in [0.29, 0.717) is 0 Å². The van der Waals surface area contributed by atoms with Crippen LogP contribution in [0.4, 0.5) is 5.69 Å². The third kappa shape index (κ3) is 2.90. The van der Waals surface area contributed by atoms with Crippen molar-refractivity contribution in [2.45, 2.75) is 9.79 Å². The molecule has 0 atom stereocenters. The lowest BCUT2D eigenvalue weighted by Crippen LogP contribution is -1.90. The minimum atomic E-state index is 0.728. The molecule has 0 radical (unpaired) electrons. The third-order valence-electron chi connectivity index (χ3n) is 2.45. The van der Waals surface area contributed by atoms with Crippen LogP contribution >= 0.6 is 11.8 Å². The van der Waals surface area contributed by atoms with Crippen LogP contribution < -0.4 is 15.2 Å². The lowest BCUT2D eigenvalue weighted by Gasteiger charge is -2.09. The van der Waals surface area contributed by atoms with Crippen LogP contribution in [0, 0.1) is 0 Å². The van der Waals surface area contributed by atoms with Crippen molar-refractivity contribution in [2.24, 2.45) is 0 Å². The van der Waals surface area contributed by atoms with Gasteiger partial charge >= 0.3 is 0 Å². The topological polar surface area (TPSA) is 44.5 Å². The molecule has 2 aromatic rings. The van der Waals surface area contributed by atoms with Gasteiger partial charge in [0, 0.05) is 15.5 Å². The van der Waals surface area contributed by atoms with Gasteiger partial charge in [0.05, 0.1) is 14.2 Å². The van der Waals surface area contributed by atoms with E-state index in [0.717, 1.165) is 27.0 Å². The molecule has 0 bridgehead atoms. The highest BCUT2D eigenvalue weighted by molar-refractivity contribution is 7.99. The van der Waals surface area contributed by atoms with Gasteiger partial charge in [-0.15, -0.1) is 0 Å². The lowest BCUT2D eigenvalue weighted by molar-refractivity contribution is 0.354. The summed E-state index contributed by atoms with van der Waals surface area (Å²) in [5.74, 6) is 1.46. The maximum absolute atomic E-state index is 5.76. The fourth-order valence-corrected chi connectivity index (χ4v) is 2.51. The zero-order valence-corrected chi connectivity index (χ0v) is 11.2. The lowest BCUT2D eigenvalue weighted by atomic mass is 10.3. The van der Waals surface area contributed by atoms with E-state index in [-0.39, 0.29) is 0 Å². The van der Waals surface area contributed by atoms with E-state index in [4.69, 9.17) is 15.2 Å². The van der Waals surface area contributed by atoms with Gasteiger partial charge in [0.1, 0.15) is 0 Å². The van der Waals surface area contributed by atoms with Crippen LogP contribution in [0.2, 0.25) is 0 Å². The average molecular weight is 261 g/mol. The van der Waals surface area contributed by atoms with Crippen molar-refractivity contribution in [3.8, 4) is 11.5 Å². The molecular weight excluding hydrogens is 246 g/mol. The fraction of sp³-hybridized carbons (Fsp3) is 0.143. The summed E-state index contributed by atoms with van der Waals surface area (Å²) in [6.45, 7) is 0. The van der Waals surface area contributed by atoms with E-state index in [2.05, 4.69) is 0 Å². The molecule has 0 amide bonds. The first-order valence-electron chi connectivity index (χ1n) is 5.48. The molecular formula is C14H15NO2S. The summed E-state index contributed by atoms with van der Waals surface area (Å²) in [4.78, 5) is 2.18. The van der Waals surface area contributed by atoms with E-state index in [1.54, 1.807) is 26.0 Å². The Bertz CT molecular complexity index is 543. The van der Waals surface area contributed by atoms with Gasteiger partial charge in [0.2, 0.25) is 0 Å². The highest BCUT2D eigenvalue weighted by Crippen LogP contribution is 2.35. The first kappa shape index (κ1) is 12.6. The van der Waals surface area contributed by atoms with Gasteiger partial charge in [-0.25, -0.2) is 0 Å². The number of hydrogen-bond donors (Lipinski definition) is 1. The summed E-state index contributed by atoms with van der Waals surface area (Å²) in [5.41, 5.74) is 6.52. The second kappa shape index (κ2) is 5.69. The van der Waals surface area contributed by atoms with Gasteiger partial charge in [-0.05, 0) is 36.4 Å².